The van der Waals surface area contributed by atoms with Gasteiger partial charge in [0.15, 0.2) is 0 Å². The Labute approximate surface area is 156 Å². The van der Waals surface area contributed by atoms with Crippen molar-refractivity contribution in [3.05, 3.63) is 55.1 Å². The molecule has 23 heavy (non-hydrogen) atoms. The smallest absolute Gasteiger partial charge is 0.320 e. The summed E-state index contributed by atoms with van der Waals surface area (Å²) in [5, 5.41) is 9.65. The number of carboxylic acids is 1. The average molecular weight is 459 g/mol. The van der Waals surface area contributed by atoms with Crippen LogP contribution in [0.2, 0.25) is 0 Å². The highest BCUT2D eigenvalue weighted by Crippen LogP contribution is 2.39. The molecule has 1 fully saturated rings. The Hall–Kier alpha value is -0.690. The van der Waals surface area contributed by atoms with Gasteiger partial charge in [-0.1, -0.05) is 34.5 Å². The van der Waals surface area contributed by atoms with Crippen LogP contribution in [0.5, 0.6) is 0 Å². The lowest BCUT2D eigenvalue weighted by atomic mass is 9.95. The molecule has 0 spiro atoms. The number of aliphatic carboxylic acids is 1. The SMILES string of the molecule is O=C(O)C1CCCCN1C(c1ccc(Br)cc1)c1ccc(Br)s1. The Morgan fingerprint density at radius 2 is 1.91 bits per heavy atom. The van der Waals surface area contributed by atoms with Crippen molar-refractivity contribution in [2.75, 3.05) is 6.54 Å². The second-order valence-corrected chi connectivity index (χ2v) is 9.09. The molecular weight excluding hydrogens is 442 g/mol. The monoisotopic (exact) mass is 457 g/mol. The summed E-state index contributed by atoms with van der Waals surface area (Å²) in [6.45, 7) is 0.813. The summed E-state index contributed by atoms with van der Waals surface area (Å²) in [6.07, 6.45) is 2.74. The molecule has 3 rings (SSSR count). The van der Waals surface area contributed by atoms with Crippen LogP contribution >= 0.6 is 43.2 Å². The molecule has 6 heteroatoms. The van der Waals surface area contributed by atoms with Crippen molar-refractivity contribution < 1.29 is 9.90 Å². The number of rotatable bonds is 4. The third-order valence-corrected chi connectivity index (χ3v) is 6.41. The number of hydrogen-bond acceptors (Lipinski definition) is 3. The van der Waals surface area contributed by atoms with Crippen molar-refractivity contribution in [2.24, 2.45) is 0 Å². The molecule has 3 nitrogen and oxygen atoms in total. The van der Waals surface area contributed by atoms with Gasteiger partial charge < -0.3 is 5.11 Å². The van der Waals surface area contributed by atoms with Crippen LogP contribution in [0.1, 0.15) is 35.7 Å². The van der Waals surface area contributed by atoms with Crippen LogP contribution in [0.4, 0.5) is 0 Å². The molecule has 2 unspecified atom stereocenters. The summed E-state index contributed by atoms with van der Waals surface area (Å²) < 4.78 is 2.10. The maximum atomic E-state index is 11.7. The van der Waals surface area contributed by atoms with Crippen LogP contribution in [0, 0.1) is 0 Å². The summed E-state index contributed by atoms with van der Waals surface area (Å²) in [6, 6.07) is 11.9. The summed E-state index contributed by atoms with van der Waals surface area (Å²) in [7, 11) is 0. The summed E-state index contributed by atoms with van der Waals surface area (Å²) in [4.78, 5) is 15.1. The van der Waals surface area contributed by atoms with E-state index in [2.05, 4.69) is 55.0 Å². The van der Waals surface area contributed by atoms with Crippen LogP contribution in [0.15, 0.2) is 44.7 Å². The van der Waals surface area contributed by atoms with Gasteiger partial charge in [0.2, 0.25) is 0 Å². The average Bonchev–Trinajstić information content (AvgIpc) is 2.96. The molecule has 0 amide bonds. The van der Waals surface area contributed by atoms with E-state index < -0.39 is 12.0 Å². The zero-order valence-electron chi connectivity index (χ0n) is 12.4. The summed E-state index contributed by atoms with van der Waals surface area (Å²) >= 11 is 8.67. The molecule has 1 aromatic heterocycles. The lowest BCUT2D eigenvalue weighted by Crippen LogP contribution is -2.46. The van der Waals surface area contributed by atoms with Crippen LogP contribution in [-0.4, -0.2) is 28.6 Å². The first kappa shape index (κ1) is 17.1. The van der Waals surface area contributed by atoms with E-state index in [-0.39, 0.29) is 6.04 Å². The number of piperidine rings is 1. The van der Waals surface area contributed by atoms with E-state index in [0.29, 0.717) is 0 Å². The fraction of sp³-hybridized carbons (Fsp3) is 0.353. The molecule has 122 valence electrons. The maximum absolute atomic E-state index is 11.7. The third-order valence-electron chi connectivity index (χ3n) is 4.21. The molecule has 1 saturated heterocycles. The number of carboxylic acid groups (broad SMARTS) is 1. The van der Waals surface area contributed by atoms with E-state index in [9.17, 15) is 9.90 Å². The highest BCUT2D eigenvalue weighted by Gasteiger charge is 2.35. The van der Waals surface area contributed by atoms with Crippen molar-refractivity contribution in [1.82, 2.24) is 4.90 Å². The highest BCUT2D eigenvalue weighted by molar-refractivity contribution is 9.11. The van der Waals surface area contributed by atoms with Gasteiger partial charge in [0.25, 0.3) is 0 Å². The number of carbonyl (C=O) groups is 1. The first-order valence-electron chi connectivity index (χ1n) is 7.55. The number of nitrogens with zero attached hydrogens (tertiary/aromatic N) is 1. The second kappa shape index (κ2) is 7.47. The Bertz CT molecular complexity index is 686. The fourth-order valence-corrected chi connectivity index (χ4v) is 5.01. The first-order chi connectivity index (χ1) is 11.1. The lowest BCUT2D eigenvalue weighted by molar-refractivity contribution is -0.145. The summed E-state index contributed by atoms with van der Waals surface area (Å²) in [5.41, 5.74) is 1.13. The quantitative estimate of drug-likeness (QED) is 0.675. The van der Waals surface area contributed by atoms with Crippen molar-refractivity contribution in [2.45, 2.75) is 31.3 Å². The highest BCUT2D eigenvalue weighted by atomic mass is 79.9. The van der Waals surface area contributed by atoms with Crippen molar-refractivity contribution in [3.8, 4) is 0 Å². The maximum Gasteiger partial charge on any atom is 0.320 e. The molecule has 0 aliphatic carbocycles. The van der Waals surface area contributed by atoms with E-state index in [1.807, 2.05) is 18.2 Å². The number of likely N-dealkylation sites (tertiary alicyclic amines) is 1. The van der Waals surface area contributed by atoms with E-state index in [0.717, 1.165) is 39.6 Å². The van der Waals surface area contributed by atoms with Gasteiger partial charge in [-0.15, -0.1) is 11.3 Å². The Morgan fingerprint density at radius 3 is 2.52 bits per heavy atom. The van der Waals surface area contributed by atoms with Crippen LogP contribution < -0.4 is 0 Å². The minimum atomic E-state index is -0.720. The number of halogens is 2. The van der Waals surface area contributed by atoms with Gasteiger partial charge in [0.05, 0.1) is 9.83 Å². The normalized spacial score (nSPS) is 20.3. The van der Waals surface area contributed by atoms with Crippen molar-refractivity contribution in [1.29, 1.82) is 0 Å². The van der Waals surface area contributed by atoms with Gasteiger partial charge in [-0.05, 0) is 65.1 Å². The largest absolute Gasteiger partial charge is 0.480 e. The Balaban J connectivity index is 2.03. The number of hydrogen-bond donors (Lipinski definition) is 1. The van der Waals surface area contributed by atoms with Crippen LogP contribution in [-0.2, 0) is 4.79 Å². The van der Waals surface area contributed by atoms with Gasteiger partial charge in [-0.3, -0.25) is 9.69 Å². The van der Waals surface area contributed by atoms with Gasteiger partial charge in [0, 0.05) is 9.35 Å². The second-order valence-electron chi connectivity index (χ2n) is 5.68. The van der Waals surface area contributed by atoms with Gasteiger partial charge in [-0.2, -0.15) is 0 Å². The van der Waals surface area contributed by atoms with Crippen molar-refractivity contribution >= 4 is 49.2 Å². The molecule has 0 bridgehead atoms. The molecule has 1 aliphatic heterocycles. The number of thiophene rings is 1. The molecule has 2 aromatic rings. The number of benzene rings is 1. The Kier molecular flexibility index (Phi) is 5.57. The predicted molar refractivity (Wildman–Crippen MR) is 100.0 cm³/mol. The standard InChI is InChI=1S/C17H17Br2NO2S/c18-12-6-4-11(5-7-12)16(14-8-9-15(19)23-14)20-10-2-1-3-13(20)17(21)22/h4-9,13,16H,1-3,10H2,(H,21,22). The van der Waals surface area contributed by atoms with Crippen molar-refractivity contribution in [3.63, 3.8) is 0 Å². The molecular formula is C17H17Br2NO2S. The van der Waals surface area contributed by atoms with Gasteiger partial charge in [0.1, 0.15) is 6.04 Å². The van der Waals surface area contributed by atoms with Crippen LogP contribution in [0.25, 0.3) is 0 Å². The van der Waals surface area contributed by atoms with Gasteiger partial charge >= 0.3 is 5.97 Å². The zero-order valence-corrected chi connectivity index (χ0v) is 16.4. The predicted octanol–water partition coefficient (Wildman–Crippen LogP) is 5.30. The topological polar surface area (TPSA) is 40.5 Å². The Morgan fingerprint density at radius 1 is 1.17 bits per heavy atom. The van der Waals surface area contributed by atoms with E-state index in [1.54, 1.807) is 11.3 Å². The minimum Gasteiger partial charge on any atom is -0.480 e. The third kappa shape index (κ3) is 3.87. The fourth-order valence-electron chi connectivity index (χ4n) is 3.17. The molecule has 0 radical (unpaired) electrons. The van der Waals surface area contributed by atoms with E-state index in [1.165, 1.54) is 4.88 Å². The first-order valence-corrected chi connectivity index (χ1v) is 9.96. The molecule has 2 atom stereocenters. The van der Waals surface area contributed by atoms with Crippen LogP contribution in [0.3, 0.4) is 0 Å². The van der Waals surface area contributed by atoms with Gasteiger partial charge in [-0.25, -0.2) is 0 Å². The molecule has 1 aliphatic rings. The molecule has 0 saturated carbocycles. The summed E-state index contributed by atoms with van der Waals surface area (Å²) in [5.74, 6) is -0.720. The molecule has 1 N–H and O–H groups in total. The molecule has 1 aromatic carbocycles. The lowest BCUT2D eigenvalue weighted by Gasteiger charge is -2.39. The molecule has 2 heterocycles. The minimum absolute atomic E-state index is 0.0131. The van der Waals surface area contributed by atoms with E-state index in [4.69, 9.17) is 0 Å². The van der Waals surface area contributed by atoms with E-state index >= 15 is 0 Å². The zero-order chi connectivity index (χ0) is 16.4.